The molecule has 3 nitrogen and oxygen atoms in total. The van der Waals surface area contributed by atoms with E-state index in [0.29, 0.717) is 5.56 Å². The molecule has 1 aliphatic heterocycles. The Hall–Kier alpha value is -1.41. The van der Waals surface area contributed by atoms with E-state index in [1.165, 1.54) is 6.07 Å². The number of ether oxygens (including phenoxy) is 1. The van der Waals surface area contributed by atoms with E-state index in [1.807, 2.05) is 12.1 Å². The summed E-state index contributed by atoms with van der Waals surface area (Å²) in [7, 11) is 0. The average molecular weight is 276 g/mol. The lowest BCUT2D eigenvalue weighted by Crippen LogP contribution is -2.44. The molecular formula is C16H21FN2O. The van der Waals surface area contributed by atoms with Gasteiger partial charge < -0.3 is 10.5 Å². The highest BCUT2D eigenvalue weighted by Gasteiger charge is 2.22. The lowest BCUT2D eigenvalue weighted by atomic mass is 10.1. The van der Waals surface area contributed by atoms with Crippen LogP contribution in [0.5, 0.6) is 0 Å². The monoisotopic (exact) mass is 276 g/mol. The molecule has 0 amide bonds. The second-order valence-corrected chi connectivity index (χ2v) is 5.27. The summed E-state index contributed by atoms with van der Waals surface area (Å²) in [4.78, 5) is 2.33. The van der Waals surface area contributed by atoms with Crippen LogP contribution in [0.15, 0.2) is 18.2 Å². The van der Waals surface area contributed by atoms with E-state index < -0.39 is 0 Å². The zero-order valence-electron chi connectivity index (χ0n) is 12.0. The SMILES string of the molecule is C[C@@H]1CN(Cc2ccc(F)c(C#CCN)c2)C[C@H](C)O1. The van der Waals surface area contributed by atoms with Gasteiger partial charge in [0, 0.05) is 19.6 Å². The van der Waals surface area contributed by atoms with E-state index in [0.717, 1.165) is 25.2 Å². The van der Waals surface area contributed by atoms with E-state index in [2.05, 4.69) is 30.6 Å². The fraction of sp³-hybridized carbons (Fsp3) is 0.500. The van der Waals surface area contributed by atoms with Gasteiger partial charge in [-0.3, -0.25) is 4.90 Å². The third-order valence-corrected chi connectivity index (χ3v) is 3.26. The lowest BCUT2D eigenvalue weighted by Gasteiger charge is -2.35. The van der Waals surface area contributed by atoms with E-state index in [1.54, 1.807) is 0 Å². The Labute approximate surface area is 119 Å². The number of nitrogens with two attached hydrogens (primary N) is 1. The normalized spacial score (nSPS) is 23.2. The molecule has 20 heavy (non-hydrogen) atoms. The molecular weight excluding hydrogens is 255 g/mol. The number of nitrogens with zero attached hydrogens (tertiary/aromatic N) is 1. The second-order valence-electron chi connectivity index (χ2n) is 5.27. The molecule has 0 bridgehead atoms. The molecule has 2 N–H and O–H groups in total. The molecule has 1 aromatic carbocycles. The number of morpholine rings is 1. The van der Waals surface area contributed by atoms with Crippen molar-refractivity contribution >= 4 is 0 Å². The van der Waals surface area contributed by atoms with Crippen LogP contribution in [0, 0.1) is 17.7 Å². The van der Waals surface area contributed by atoms with Gasteiger partial charge in [-0.25, -0.2) is 4.39 Å². The van der Waals surface area contributed by atoms with Gasteiger partial charge in [-0.15, -0.1) is 0 Å². The standard InChI is InChI=1S/C16H21FN2O/c1-12-9-19(10-13(2)20-12)11-14-5-6-16(17)15(8-14)4-3-7-18/h5-6,8,12-13H,7,9-11,18H2,1-2H3/t12-,13+. The molecule has 0 radical (unpaired) electrons. The van der Waals surface area contributed by atoms with Gasteiger partial charge in [0.1, 0.15) is 5.82 Å². The molecule has 0 aromatic heterocycles. The third-order valence-electron chi connectivity index (χ3n) is 3.26. The van der Waals surface area contributed by atoms with Gasteiger partial charge in [0.25, 0.3) is 0 Å². The maximum atomic E-state index is 13.6. The predicted molar refractivity (Wildman–Crippen MR) is 77.6 cm³/mol. The first-order valence-electron chi connectivity index (χ1n) is 6.93. The molecule has 2 rings (SSSR count). The summed E-state index contributed by atoms with van der Waals surface area (Å²) in [5.41, 5.74) is 6.81. The van der Waals surface area contributed by atoms with Gasteiger partial charge in [0.2, 0.25) is 0 Å². The summed E-state index contributed by atoms with van der Waals surface area (Å²) in [6.45, 7) is 6.96. The van der Waals surface area contributed by atoms with Crippen LogP contribution in [0.1, 0.15) is 25.0 Å². The topological polar surface area (TPSA) is 38.5 Å². The fourth-order valence-corrected chi connectivity index (χ4v) is 2.58. The van der Waals surface area contributed by atoms with Crippen LogP contribution in [0.25, 0.3) is 0 Å². The predicted octanol–water partition coefficient (Wildman–Crippen LogP) is 1.75. The minimum atomic E-state index is -0.293. The van der Waals surface area contributed by atoms with Gasteiger partial charge in [-0.2, -0.15) is 0 Å². The van der Waals surface area contributed by atoms with Gasteiger partial charge in [0.15, 0.2) is 0 Å². The first-order chi connectivity index (χ1) is 9.58. The van der Waals surface area contributed by atoms with Crippen LogP contribution in [0.4, 0.5) is 4.39 Å². The van der Waals surface area contributed by atoms with Crippen LogP contribution in [0.3, 0.4) is 0 Å². The molecule has 2 atom stereocenters. The Morgan fingerprint density at radius 2 is 2.05 bits per heavy atom. The first-order valence-corrected chi connectivity index (χ1v) is 6.93. The Morgan fingerprint density at radius 3 is 2.70 bits per heavy atom. The first kappa shape index (κ1) is 15.0. The van der Waals surface area contributed by atoms with Crippen molar-refractivity contribution in [3.05, 3.63) is 35.1 Å². The van der Waals surface area contributed by atoms with Crippen molar-refractivity contribution in [3.63, 3.8) is 0 Å². The van der Waals surface area contributed by atoms with Crippen molar-refractivity contribution < 1.29 is 9.13 Å². The van der Waals surface area contributed by atoms with Crippen molar-refractivity contribution in [2.24, 2.45) is 5.73 Å². The molecule has 0 aliphatic carbocycles. The second kappa shape index (κ2) is 6.85. The summed E-state index contributed by atoms with van der Waals surface area (Å²) in [5, 5.41) is 0. The molecule has 108 valence electrons. The average Bonchev–Trinajstić information content (AvgIpc) is 2.38. The highest BCUT2D eigenvalue weighted by Crippen LogP contribution is 2.16. The molecule has 0 saturated carbocycles. The Balaban J connectivity index is 2.09. The molecule has 0 spiro atoms. The van der Waals surface area contributed by atoms with Crippen molar-refractivity contribution in [1.29, 1.82) is 0 Å². The van der Waals surface area contributed by atoms with Gasteiger partial charge in [0.05, 0.1) is 24.3 Å². The summed E-state index contributed by atoms with van der Waals surface area (Å²) in [6.07, 6.45) is 0.464. The Morgan fingerprint density at radius 1 is 1.35 bits per heavy atom. The lowest BCUT2D eigenvalue weighted by molar-refractivity contribution is -0.0704. The minimum Gasteiger partial charge on any atom is -0.373 e. The zero-order valence-corrected chi connectivity index (χ0v) is 12.0. The van der Waals surface area contributed by atoms with Crippen LogP contribution in [0.2, 0.25) is 0 Å². The van der Waals surface area contributed by atoms with Crippen molar-refractivity contribution in [3.8, 4) is 11.8 Å². The Kier molecular flexibility index (Phi) is 5.13. The van der Waals surface area contributed by atoms with Crippen LogP contribution >= 0.6 is 0 Å². The Bertz CT molecular complexity index is 511. The van der Waals surface area contributed by atoms with Gasteiger partial charge in [-0.05, 0) is 31.5 Å². The summed E-state index contributed by atoms with van der Waals surface area (Å²) in [5.74, 6) is 5.18. The quantitative estimate of drug-likeness (QED) is 0.836. The number of rotatable bonds is 2. The van der Waals surface area contributed by atoms with E-state index in [9.17, 15) is 4.39 Å². The zero-order chi connectivity index (χ0) is 14.5. The third kappa shape index (κ3) is 4.04. The number of hydrogen-bond acceptors (Lipinski definition) is 3. The molecule has 1 aliphatic rings. The van der Waals surface area contributed by atoms with Crippen LogP contribution < -0.4 is 5.73 Å². The number of hydrogen-bond donors (Lipinski definition) is 1. The minimum absolute atomic E-state index is 0.232. The van der Waals surface area contributed by atoms with Crippen molar-refractivity contribution in [2.75, 3.05) is 19.6 Å². The number of benzene rings is 1. The highest BCUT2D eigenvalue weighted by atomic mass is 19.1. The van der Waals surface area contributed by atoms with Gasteiger partial charge >= 0.3 is 0 Å². The van der Waals surface area contributed by atoms with Crippen molar-refractivity contribution in [1.82, 2.24) is 4.90 Å². The fourth-order valence-electron chi connectivity index (χ4n) is 2.58. The number of halogens is 1. The molecule has 1 saturated heterocycles. The van der Waals surface area contributed by atoms with Gasteiger partial charge in [-0.1, -0.05) is 17.9 Å². The van der Waals surface area contributed by atoms with Crippen LogP contribution in [-0.2, 0) is 11.3 Å². The maximum absolute atomic E-state index is 13.6. The highest BCUT2D eigenvalue weighted by molar-refractivity contribution is 5.38. The van der Waals surface area contributed by atoms with E-state index >= 15 is 0 Å². The summed E-state index contributed by atoms with van der Waals surface area (Å²) in [6, 6.07) is 5.10. The molecule has 1 heterocycles. The van der Waals surface area contributed by atoms with E-state index in [-0.39, 0.29) is 24.6 Å². The molecule has 1 aromatic rings. The maximum Gasteiger partial charge on any atom is 0.138 e. The smallest absolute Gasteiger partial charge is 0.138 e. The van der Waals surface area contributed by atoms with Crippen LogP contribution in [-0.4, -0.2) is 36.7 Å². The largest absolute Gasteiger partial charge is 0.373 e. The summed E-state index contributed by atoms with van der Waals surface area (Å²) < 4.78 is 19.3. The summed E-state index contributed by atoms with van der Waals surface area (Å²) >= 11 is 0. The molecule has 4 heteroatoms. The van der Waals surface area contributed by atoms with Crippen molar-refractivity contribution in [2.45, 2.75) is 32.6 Å². The molecule has 0 unspecified atom stereocenters. The molecule has 1 fully saturated rings. The van der Waals surface area contributed by atoms with E-state index in [4.69, 9.17) is 10.5 Å².